The van der Waals surface area contributed by atoms with Gasteiger partial charge in [0.05, 0.1) is 5.75 Å². The molecule has 22 heavy (non-hydrogen) atoms. The second-order valence-electron chi connectivity index (χ2n) is 6.64. The molecule has 0 bridgehead atoms. The van der Waals surface area contributed by atoms with E-state index in [4.69, 9.17) is 5.73 Å². The van der Waals surface area contributed by atoms with Crippen molar-refractivity contribution in [1.29, 1.82) is 0 Å². The van der Waals surface area contributed by atoms with Crippen molar-refractivity contribution in [2.24, 2.45) is 11.1 Å². The molecule has 0 radical (unpaired) electrons. The van der Waals surface area contributed by atoms with Gasteiger partial charge in [0.2, 0.25) is 15.9 Å². The van der Waals surface area contributed by atoms with Crippen LogP contribution >= 0.6 is 12.4 Å². The molecule has 0 aromatic heterocycles. The van der Waals surface area contributed by atoms with E-state index in [1.807, 2.05) is 13.8 Å². The van der Waals surface area contributed by atoms with E-state index in [1.165, 1.54) is 0 Å². The first-order chi connectivity index (χ1) is 9.68. The van der Waals surface area contributed by atoms with Crippen LogP contribution in [0.4, 0.5) is 0 Å². The van der Waals surface area contributed by atoms with Crippen LogP contribution in [0.2, 0.25) is 0 Å². The van der Waals surface area contributed by atoms with E-state index in [9.17, 15) is 13.2 Å². The predicted octanol–water partition coefficient (Wildman–Crippen LogP) is 1.06. The molecule has 1 rings (SSSR count). The Morgan fingerprint density at radius 3 is 2.32 bits per heavy atom. The minimum Gasteiger partial charge on any atom is -0.345 e. The number of sulfonamides is 1. The van der Waals surface area contributed by atoms with Crippen molar-refractivity contribution in [2.45, 2.75) is 39.5 Å². The Morgan fingerprint density at radius 2 is 1.82 bits per heavy atom. The fourth-order valence-electron chi connectivity index (χ4n) is 2.49. The highest BCUT2D eigenvalue weighted by Gasteiger charge is 2.25. The van der Waals surface area contributed by atoms with E-state index in [-0.39, 0.29) is 35.9 Å². The molecule has 0 aliphatic carbocycles. The van der Waals surface area contributed by atoms with Crippen molar-refractivity contribution in [3.8, 4) is 0 Å². The topological polar surface area (TPSA) is 83.7 Å². The van der Waals surface area contributed by atoms with Gasteiger partial charge in [-0.2, -0.15) is 0 Å². The number of carbonyl (C=O) groups excluding carboxylic acids is 1. The summed E-state index contributed by atoms with van der Waals surface area (Å²) in [4.78, 5) is 13.7. The first-order valence-corrected chi connectivity index (χ1v) is 9.21. The average molecular weight is 356 g/mol. The van der Waals surface area contributed by atoms with Gasteiger partial charge in [0.25, 0.3) is 0 Å². The number of nitrogens with zero attached hydrogens (tertiary/aromatic N) is 2. The molecule has 1 fully saturated rings. The standard InChI is InChI=1S/C14H29N3O3S.ClH/c1-14(2,11-15)12-16(3)13(18)7-6-10-21(19,20)17-8-4-5-9-17;/h4-12,15H2,1-3H3;1H. The van der Waals surface area contributed by atoms with Gasteiger partial charge < -0.3 is 10.6 Å². The van der Waals surface area contributed by atoms with E-state index >= 15 is 0 Å². The summed E-state index contributed by atoms with van der Waals surface area (Å²) >= 11 is 0. The van der Waals surface area contributed by atoms with Gasteiger partial charge in [0.15, 0.2) is 0 Å². The van der Waals surface area contributed by atoms with Gasteiger partial charge in [-0.1, -0.05) is 13.8 Å². The molecule has 0 unspecified atom stereocenters. The van der Waals surface area contributed by atoms with E-state index in [1.54, 1.807) is 16.3 Å². The van der Waals surface area contributed by atoms with Gasteiger partial charge in [-0.3, -0.25) is 4.79 Å². The number of rotatable bonds is 8. The Kier molecular flexibility index (Phi) is 8.90. The highest BCUT2D eigenvalue weighted by Crippen LogP contribution is 2.16. The van der Waals surface area contributed by atoms with Gasteiger partial charge in [0, 0.05) is 33.1 Å². The Balaban J connectivity index is 0.00000441. The van der Waals surface area contributed by atoms with Crippen molar-refractivity contribution < 1.29 is 13.2 Å². The molecule has 1 aliphatic heterocycles. The Bertz CT molecular complexity index is 448. The van der Waals surface area contributed by atoms with Crippen molar-refractivity contribution in [1.82, 2.24) is 9.21 Å². The average Bonchev–Trinajstić information content (AvgIpc) is 2.92. The number of amides is 1. The van der Waals surface area contributed by atoms with Gasteiger partial charge in [-0.25, -0.2) is 12.7 Å². The zero-order valence-corrected chi connectivity index (χ0v) is 15.5. The van der Waals surface area contributed by atoms with Crippen LogP contribution in [0, 0.1) is 5.41 Å². The molecule has 0 saturated carbocycles. The maximum absolute atomic E-state index is 12.0. The Hall–Kier alpha value is -0.370. The van der Waals surface area contributed by atoms with Gasteiger partial charge in [-0.05, 0) is 31.2 Å². The molecule has 6 nitrogen and oxygen atoms in total. The van der Waals surface area contributed by atoms with Crippen molar-refractivity contribution in [3.05, 3.63) is 0 Å². The van der Waals surface area contributed by atoms with Crippen LogP contribution in [0.1, 0.15) is 39.5 Å². The van der Waals surface area contributed by atoms with Crippen LogP contribution in [-0.2, 0) is 14.8 Å². The van der Waals surface area contributed by atoms with E-state index in [2.05, 4.69) is 0 Å². The first-order valence-electron chi connectivity index (χ1n) is 7.60. The summed E-state index contributed by atoms with van der Waals surface area (Å²) in [7, 11) is -1.43. The monoisotopic (exact) mass is 355 g/mol. The first kappa shape index (κ1) is 21.6. The number of nitrogens with two attached hydrogens (primary N) is 1. The van der Waals surface area contributed by atoms with Gasteiger partial charge in [-0.15, -0.1) is 12.4 Å². The van der Waals surface area contributed by atoms with Crippen LogP contribution in [0.25, 0.3) is 0 Å². The Labute approximate surface area is 140 Å². The molecule has 132 valence electrons. The van der Waals surface area contributed by atoms with Crippen LogP contribution in [0.3, 0.4) is 0 Å². The highest BCUT2D eigenvalue weighted by atomic mass is 35.5. The second kappa shape index (κ2) is 9.05. The molecule has 8 heteroatoms. The molecule has 1 aliphatic rings. The fourth-order valence-corrected chi connectivity index (χ4v) is 4.07. The van der Waals surface area contributed by atoms with Crippen LogP contribution in [0.15, 0.2) is 0 Å². The van der Waals surface area contributed by atoms with E-state index < -0.39 is 10.0 Å². The second-order valence-corrected chi connectivity index (χ2v) is 8.73. The summed E-state index contributed by atoms with van der Waals surface area (Å²) in [5, 5.41) is 0. The molecule has 0 aromatic carbocycles. The summed E-state index contributed by atoms with van der Waals surface area (Å²) in [5.41, 5.74) is 5.54. The maximum Gasteiger partial charge on any atom is 0.222 e. The third-order valence-corrected chi connectivity index (χ3v) is 5.85. The number of carbonyl (C=O) groups is 1. The lowest BCUT2D eigenvalue weighted by Gasteiger charge is -2.29. The molecular formula is C14H30ClN3O3S. The molecule has 0 atom stereocenters. The predicted molar refractivity (Wildman–Crippen MR) is 91.5 cm³/mol. The number of hydrogen-bond donors (Lipinski definition) is 1. The maximum atomic E-state index is 12.0. The largest absolute Gasteiger partial charge is 0.345 e. The molecule has 0 spiro atoms. The third-order valence-electron chi connectivity index (χ3n) is 3.89. The normalized spacial score (nSPS) is 16.4. The van der Waals surface area contributed by atoms with Crippen LogP contribution in [-0.4, -0.2) is 62.5 Å². The summed E-state index contributed by atoms with van der Waals surface area (Å²) in [6.45, 7) is 6.36. The van der Waals surface area contributed by atoms with E-state index in [0.717, 1.165) is 12.8 Å². The molecule has 1 amide bonds. The lowest BCUT2D eigenvalue weighted by Crippen LogP contribution is -2.40. The number of halogens is 1. The lowest BCUT2D eigenvalue weighted by molar-refractivity contribution is -0.131. The molecule has 1 saturated heterocycles. The van der Waals surface area contributed by atoms with Crippen LogP contribution < -0.4 is 5.73 Å². The van der Waals surface area contributed by atoms with E-state index in [0.29, 0.717) is 32.6 Å². The zero-order valence-electron chi connectivity index (χ0n) is 13.9. The SMILES string of the molecule is CN(CC(C)(C)CN)C(=O)CCCS(=O)(=O)N1CCCC1.Cl. The van der Waals surface area contributed by atoms with Crippen molar-refractivity contribution in [2.75, 3.05) is 39.0 Å². The van der Waals surface area contributed by atoms with Gasteiger partial charge in [0.1, 0.15) is 0 Å². The molecule has 1 heterocycles. The summed E-state index contributed by atoms with van der Waals surface area (Å²) in [5.74, 6) is 0.0421. The Morgan fingerprint density at radius 1 is 1.27 bits per heavy atom. The van der Waals surface area contributed by atoms with Crippen molar-refractivity contribution >= 4 is 28.3 Å². The zero-order chi connectivity index (χ0) is 16.1. The molecule has 0 aromatic rings. The minimum absolute atomic E-state index is 0. The third kappa shape index (κ3) is 6.81. The quantitative estimate of drug-likeness (QED) is 0.705. The molecule has 2 N–H and O–H groups in total. The minimum atomic E-state index is -3.18. The smallest absolute Gasteiger partial charge is 0.222 e. The highest BCUT2D eigenvalue weighted by molar-refractivity contribution is 7.89. The summed E-state index contributed by atoms with van der Waals surface area (Å²) < 4.78 is 25.6. The summed E-state index contributed by atoms with van der Waals surface area (Å²) in [6, 6.07) is 0. The fraction of sp³-hybridized carbons (Fsp3) is 0.929. The number of hydrogen-bond acceptors (Lipinski definition) is 4. The lowest BCUT2D eigenvalue weighted by atomic mass is 9.93. The molecular weight excluding hydrogens is 326 g/mol. The van der Waals surface area contributed by atoms with Crippen molar-refractivity contribution in [3.63, 3.8) is 0 Å². The van der Waals surface area contributed by atoms with Gasteiger partial charge >= 0.3 is 0 Å². The van der Waals surface area contributed by atoms with Crippen LogP contribution in [0.5, 0.6) is 0 Å². The summed E-state index contributed by atoms with van der Waals surface area (Å²) in [6.07, 6.45) is 2.53.